The molecule has 1 saturated heterocycles. The van der Waals surface area contributed by atoms with Crippen molar-refractivity contribution in [3.63, 3.8) is 0 Å². The van der Waals surface area contributed by atoms with Gasteiger partial charge in [0, 0.05) is 35.6 Å². The first-order valence-electron chi connectivity index (χ1n) is 13.5. The van der Waals surface area contributed by atoms with E-state index in [1.807, 2.05) is 20.8 Å². The number of anilines is 1. The summed E-state index contributed by atoms with van der Waals surface area (Å²) >= 11 is 0. The van der Waals surface area contributed by atoms with Crippen molar-refractivity contribution >= 4 is 35.1 Å². The van der Waals surface area contributed by atoms with Gasteiger partial charge in [0.2, 0.25) is 0 Å². The summed E-state index contributed by atoms with van der Waals surface area (Å²) in [7, 11) is 0. The molecule has 4 rings (SSSR count). The highest BCUT2D eigenvalue weighted by atomic mass is 19.1. The summed E-state index contributed by atoms with van der Waals surface area (Å²) in [5.41, 5.74) is 3.20. The highest BCUT2D eigenvalue weighted by Crippen LogP contribution is 2.34. The Morgan fingerprint density at radius 1 is 1.20 bits per heavy atom. The van der Waals surface area contributed by atoms with Crippen LogP contribution in [0.25, 0.3) is 11.6 Å². The summed E-state index contributed by atoms with van der Waals surface area (Å²) in [6.07, 6.45) is 2.24. The Kier molecular flexibility index (Phi) is 8.23. The predicted molar refractivity (Wildman–Crippen MR) is 149 cm³/mol. The van der Waals surface area contributed by atoms with E-state index in [4.69, 9.17) is 14.2 Å². The third kappa shape index (κ3) is 6.98. The van der Waals surface area contributed by atoms with Crippen molar-refractivity contribution in [2.24, 2.45) is 0 Å². The standard InChI is InChI=1S/C30H38FN3O6/c1-16-24(15-22-21-12-18(31)8-9-23(21)34-27(22)36)33-17(2)26(16)28(37)32-11-10-19-13-20(39-30(6,7)38-19)14-25(35)40-29(3,4)5/h8-9,12,15,19-20,33H,10-11,13-14H2,1-7H3,(H,32,37)(H,34,36)/b22-15-/t19-,20-/m1/s1. The normalized spacial score (nSPS) is 21.2. The lowest BCUT2D eigenvalue weighted by molar-refractivity contribution is -0.300. The van der Waals surface area contributed by atoms with Crippen molar-refractivity contribution in [3.8, 4) is 0 Å². The number of benzene rings is 1. The Balaban J connectivity index is 1.39. The number of nitrogens with one attached hydrogen (secondary N) is 3. The summed E-state index contributed by atoms with van der Waals surface area (Å²) in [6, 6.07) is 4.13. The minimum Gasteiger partial charge on any atom is -0.460 e. The number of hydrogen-bond donors (Lipinski definition) is 3. The maximum Gasteiger partial charge on any atom is 0.308 e. The molecule has 2 aliphatic heterocycles. The van der Waals surface area contributed by atoms with Gasteiger partial charge >= 0.3 is 5.97 Å². The molecule has 3 heterocycles. The zero-order valence-corrected chi connectivity index (χ0v) is 24.1. The number of esters is 1. The SMILES string of the molecule is Cc1[nH]c(/C=C2\C(=O)Nc3ccc(F)cc32)c(C)c1C(=O)NCC[C@@H]1C[C@H](CC(=O)OC(C)(C)C)OC(C)(C)O1. The highest BCUT2D eigenvalue weighted by molar-refractivity contribution is 6.34. The van der Waals surface area contributed by atoms with Crippen LogP contribution in [-0.4, -0.2) is 52.9 Å². The molecular formula is C30H38FN3O6. The van der Waals surface area contributed by atoms with Gasteiger partial charge in [0.1, 0.15) is 11.4 Å². The highest BCUT2D eigenvalue weighted by Gasteiger charge is 2.37. The van der Waals surface area contributed by atoms with E-state index in [0.29, 0.717) is 58.7 Å². The maximum absolute atomic E-state index is 13.8. The summed E-state index contributed by atoms with van der Waals surface area (Å²) in [4.78, 5) is 41.2. The van der Waals surface area contributed by atoms with Crippen LogP contribution in [0, 0.1) is 19.7 Å². The van der Waals surface area contributed by atoms with Crippen molar-refractivity contribution in [2.45, 2.75) is 91.3 Å². The van der Waals surface area contributed by atoms with Gasteiger partial charge in [-0.25, -0.2) is 4.39 Å². The monoisotopic (exact) mass is 555 g/mol. The molecule has 2 atom stereocenters. The third-order valence-corrected chi connectivity index (χ3v) is 6.75. The lowest BCUT2D eigenvalue weighted by atomic mass is 10.0. The minimum atomic E-state index is -0.871. The summed E-state index contributed by atoms with van der Waals surface area (Å²) in [5.74, 6) is -2.22. The molecule has 2 aliphatic rings. The summed E-state index contributed by atoms with van der Waals surface area (Å²) in [6.45, 7) is 13.0. The molecule has 0 radical (unpaired) electrons. The molecule has 3 N–H and O–H groups in total. The molecule has 0 saturated carbocycles. The quantitative estimate of drug-likeness (QED) is 0.326. The second-order valence-corrected chi connectivity index (χ2v) is 11.8. The molecule has 9 nitrogen and oxygen atoms in total. The van der Waals surface area contributed by atoms with Gasteiger partial charge in [-0.3, -0.25) is 14.4 Å². The van der Waals surface area contributed by atoms with Crippen LogP contribution in [0.5, 0.6) is 0 Å². The average Bonchev–Trinajstić information content (AvgIpc) is 3.25. The first kappa shape index (κ1) is 29.5. The molecule has 2 aromatic rings. The van der Waals surface area contributed by atoms with E-state index in [1.54, 1.807) is 33.8 Å². The van der Waals surface area contributed by atoms with Gasteiger partial charge in [0.15, 0.2) is 5.79 Å². The van der Waals surface area contributed by atoms with E-state index in [2.05, 4.69) is 15.6 Å². The van der Waals surface area contributed by atoms with E-state index in [0.717, 1.165) is 0 Å². The number of aromatic nitrogens is 1. The number of carbonyl (C=O) groups is 3. The molecule has 0 spiro atoms. The molecule has 0 unspecified atom stereocenters. The zero-order valence-electron chi connectivity index (χ0n) is 24.1. The fourth-order valence-corrected chi connectivity index (χ4v) is 5.23. The number of rotatable bonds is 7. The first-order valence-corrected chi connectivity index (χ1v) is 13.5. The second kappa shape index (κ2) is 11.2. The van der Waals surface area contributed by atoms with E-state index >= 15 is 0 Å². The number of hydrogen-bond acceptors (Lipinski definition) is 6. The number of ether oxygens (including phenoxy) is 3. The lowest BCUT2D eigenvalue weighted by Crippen LogP contribution is -2.46. The predicted octanol–water partition coefficient (Wildman–Crippen LogP) is 5.03. The number of H-pyrrole nitrogens is 1. The number of fused-ring (bicyclic) bond motifs is 1. The van der Waals surface area contributed by atoms with Crippen LogP contribution >= 0.6 is 0 Å². The third-order valence-electron chi connectivity index (χ3n) is 6.75. The molecule has 1 fully saturated rings. The number of halogens is 1. The fourth-order valence-electron chi connectivity index (χ4n) is 5.23. The number of aryl methyl sites for hydroxylation is 1. The molecule has 40 heavy (non-hydrogen) atoms. The zero-order chi connectivity index (χ0) is 29.4. The molecular weight excluding hydrogens is 517 g/mol. The summed E-state index contributed by atoms with van der Waals surface area (Å²) in [5, 5.41) is 5.69. The van der Waals surface area contributed by atoms with Crippen LogP contribution < -0.4 is 10.6 Å². The molecule has 2 amide bonds. The van der Waals surface area contributed by atoms with Crippen LogP contribution in [0.4, 0.5) is 10.1 Å². The van der Waals surface area contributed by atoms with Crippen LogP contribution in [0.2, 0.25) is 0 Å². The molecule has 1 aromatic carbocycles. The summed E-state index contributed by atoms with van der Waals surface area (Å²) < 4.78 is 31.2. The minimum absolute atomic E-state index is 0.127. The number of carbonyl (C=O) groups excluding carboxylic acids is 3. The van der Waals surface area contributed by atoms with Gasteiger partial charge < -0.3 is 29.8 Å². The van der Waals surface area contributed by atoms with Gasteiger partial charge in [-0.05, 0) is 84.7 Å². The molecule has 216 valence electrons. The average molecular weight is 556 g/mol. The van der Waals surface area contributed by atoms with Crippen molar-refractivity contribution in [2.75, 3.05) is 11.9 Å². The van der Waals surface area contributed by atoms with E-state index in [9.17, 15) is 18.8 Å². The van der Waals surface area contributed by atoms with Crippen LogP contribution in [0.3, 0.4) is 0 Å². The van der Waals surface area contributed by atoms with Gasteiger partial charge in [-0.2, -0.15) is 0 Å². The van der Waals surface area contributed by atoms with Crippen molar-refractivity contribution in [3.05, 3.63) is 52.1 Å². The van der Waals surface area contributed by atoms with Gasteiger partial charge in [-0.15, -0.1) is 0 Å². The first-order chi connectivity index (χ1) is 18.6. The van der Waals surface area contributed by atoms with Crippen molar-refractivity contribution in [1.82, 2.24) is 10.3 Å². The van der Waals surface area contributed by atoms with Gasteiger partial charge in [0.05, 0.1) is 29.8 Å². The largest absolute Gasteiger partial charge is 0.460 e. The lowest BCUT2D eigenvalue weighted by Gasteiger charge is -2.40. The fraction of sp³-hybridized carbons (Fsp3) is 0.500. The molecule has 0 bridgehead atoms. The molecule has 10 heteroatoms. The van der Waals surface area contributed by atoms with Crippen LogP contribution in [-0.2, 0) is 23.8 Å². The topological polar surface area (TPSA) is 119 Å². The van der Waals surface area contributed by atoms with E-state index in [-0.39, 0.29) is 36.4 Å². The Bertz CT molecular complexity index is 1350. The van der Waals surface area contributed by atoms with Gasteiger partial charge in [0.25, 0.3) is 11.8 Å². The number of amides is 2. The smallest absolute Gasteiger partial charge is 0.308 e. The van der Waals surface area contributed by atoms with E-state index in [1.165, 1.54) is 18.2 Å². The second-order valence-electron chi connectivity index (χ2n) is 11.8. The number of aromatic amines is 1. The van der Waals surface area contributed by atoms with Crippen LogP contribution in [0.15, 0.2) is 18.2 Å². The van der Waals surface area contributed by atoms with Gasteiger partial charge in [-0.1, -0.05) is 0 Å². The van der Waals surface area contributed by atoms with Crippen molar-refractivity contribution in [1.29, 1.82) is 0 Å². The Hall–Kier alpha value is -3.50. The molecule has 1 aromatic heterocycles. The van der Waals surface area contributed by atoms with Crippen LogP contribution in [0.1, 0.15) is 86.8 Å². The van der Waals surface area contributed by atoms with Crippen molar-refractivity contribution < 1.29 is 33.0 Å². The Labute approximate surface area is 233 Å². The Morgan fingerprint density at radius 2 is 1.90 bits per heavy atom. The molecule has 0 aliphatic carbocycles. The Morgan fingerprint density at radius 3 is 2.60 bits per heavy atom. The maximum atomic E-state index is 13.8. The van der Waals surface area contributed by atoms with E-state index < -0.39 is 17.2 Å².